The van der Waals surface area contributed by atoms with Crippen LogP contribution in [0.3, 0.4) is 0 Å². The van der Waals surface area contributed by atoms with Gasteiger partial charge in [0.25, 0.3) is 6.43 Å². The van der Waals surface area contributed by atoms with E-state index in [9.17, 15) is 26.7 Å². The summed E-state index contributed by atoms with van der Waals surface area (Å²) >= 11 is 5.31. The topological polar surface area (TPSA) is 59.4 Å². The van der Waals surface area contributed by atoms with Crippen LogP contribution in [0.15, 0.2) is 6.07 Å². The fourth-order valence-corrected chi connectivity index (χ4v) is 1.44. The van der Waals surface area contributed by atoms with Crippen molar-refractivity contribution < 1.29 is 36.6 Å². The Kier molecular flexibility index (Phi) is 4.51. The number of carboxylic acids is 1. The van der Waals surface area contributed by atoms with Crippen LogP contribution in [-0.4, -0.2) is 22.4 Å². The molecule has 1 aromatic rings. The molecule has 1 rings (SSSR count). The fraction of sp³-hybridized carbons (Fsp3) is 0.333. The maximum atomic E-state index is 12.7. The molecule has 19 heavy (non-hydrogen) atoms. The number of hydrogen-bond acceptors (Lipinski definition) is 3. The minimum Gasteiger partial charge on any atom is -0.477 e. The molecule has 0 saturated carbocycles. The summed E-state index contributed by atoms with van der Waals surface area (Å²) in [5, 5.41) is 8.63. The van der Waals surface area contributed by atoms with E-state index in [1.807, 2.05) is 0 Å². The van der Waals surface area contributed by atoms with E-state index in [-0.39, 0.29) is 0 Å². The first-order valence-electron chi connectivity index (χ1n) is 4.52. The van der Waals surface area contributed by atoms with Crippen molar-refractivity contribution in [3.63, 3.8) is 0 Å². The molecule has 0 saturated heterocycles. The summed E-state index contributed by atoms with van der Waals surface area (Å²) in [6.45, 7) is 0. The van der Waals surface area contributed by atoms with Gasteiger partial charge in [-0.05, 0) is 11.6 Å². The average Bonchev–Trinajstić information content (AvgIpc) is 2.24. The number of aromatic nitrogens is 1. The van der Waals surface area contributed by atoms with Gasteiger partial charge >= 0.3 is 12.3 Å². The van der Waals surface area contributed by atoms with E-state index in [1.165, 1.54) is 0 Å². The highest BCUT2D eigenvalue weighted by Gasteiger charge is 2.35. The van der Waals surface area contributed by atoms with Crippen LogP contribution in [0.2, 0.25) is 0 Å². The number of alkyl halides is 6. The third-order valence-corrected chi connectivity index (χ3v) is 2.19. The summed E-state index contributed by atoms with van der Waals surface area (Å²) in [6, 6.07) is 0.667. The lowest BCUT2D eigenvalue weighted by Gasteiger charge is -2.15. The predicted octanol–water partition coefficient (Wildman–Crippen LogP) is 3.35. The van der Waals surface area contributed by atoms with Crippen molar-refractivity contribution in [1.82, 2.24) is 4.98 Å². The predicted molar refractivity (Wildman–Crippen MR) is 52.4 cm³/mol. The Hall–Kier alpha value is -1.64. The van der Waals surface area contributed by atoms with Gasteiger partial charge in [0.05, 0.1) is 5.56 Å². The zero-order chi connectivity index (χ0) is 14.8. The molecule has 0 aliphatic heterocycles. The normalized spacial score (nSPS) is 11.7. The summed E-state index contributed by atoms with van der Waals surface area (Å²) in [5.41, 5.74) is -2.56. The number of aromatic carboxylic acids is 1. The third-order valence-electron chi connectivity index (χ3n) is 1.90. The molecule has 1 aromatic heterocycles. The average molecular weight is 306 g/mol. The van der Waals surface area contributed by atoms with E-state index >= 15 is 0 Å². The monoisotopic (exact) mass is 305 g/mol. The lowest BCUT2D eigenvalue weighted by Crippen LogP contribution is -2.20. The second-order valence-electron chi connectivity index (χ2n) is 3.17. The number of ether oxygens (including phenoxy) is 1. The van der Waals surface area contributed by atoms with Crippen molar-refractivity contribution in [3.05, 3.63) is 22.9 Å². The highest BCUT2D eigenvalue weighted by molar-refractivity contribution is 6.17. The first-order chi connectivity index (χ1) is 8.65. The minimum atomic E-state index is -5.28. The van der Waals surface area contributed by atoms with E-state index in [2.05, 4.69) is 9.72 Å². The van der Waals surface area contributed by atoms with E-state index in [0.29, 0.717) is 6.07 Å². The van der Waals surface area contributed by atoms with Crippen molar-refractivity contribution in [2.45, 2.75) is 18.7 Å². The lowest BCUT2D eigenvalue weighted by molar-refractivity contribution is -0.276. The van der Waals surface area contributed by atoms with Crippen LogP contribution >= 0.6 is 11.6 Å². The maximum absolute atomic E-state index is 12.7. The van der Waals surface area contributed by atoms with Crippen LogP contribution < -0.4 is 4.74 Å². The minimum absolute atomic E-state index is 0.497. The smallest absolute Gasteiger partial charge is 0.477 e. The quantitative estimate of drug-likeness (QED) is 0.684. The Balaban J connectivity index is 3.45. The molecule has 0 atom stereocenters. The molecule has 0 aliphatic rings. The molecule has 0 aliphatic carbocycles. The molecule has 0 bridgehead atoms. The van der Waals surface area contributed by atoms with Crippen molar-refractivity contribution in [3.8, 4) is 5.88 Å². The summed E-state index contributed by atoms with van der Waals surface area (Å²) < 4.78 is 64.9. The molecule has 0 aromatic carbocycles. The zero-order valence-corrected chi connectivity index (χ0v) is 9.60. The summed E-state index contributed by atoms with van der Waals surface area (Å²) in [4.78, 5) is 13.5. The molecular formula is C9H5ClF5NO3. The molecule has 1 heterocycles. The molecule has 10 heteroatoms. The zero-order valence-electron chi connectivity index (χ0n) is 8.84. The van der Waals surface area contributed by atoms with E-state index in [1.54, 1.807) is 0 Å². The van der Waals surface area contributed by atoms with E-state index in [0.717, 1.165) is 0 Å². The van der Waals surface area contributed by atoms with Crippen LogP contribution in [0.5, 0.6) is 5.88 Å². The second kappa shape index (κ2) is 5.55. The first kappa shape index (κ1) is 15.4. The second-order valence-corrected chi connectivity index (χ2v) is 3.44. The Morgan fingerprint density at radius 3 is 2.42 bits per heavy atom. The summed E-state index contributed by atoms with van der Waals surface area (Å²) in [7, 11) is 0. The third kappa shape index (κ3) is 3.91. The highest BCUT2D eigenvalue weighted by atomic mass is 35.5. The molecule has 4 nitrogen and oxygen atoms in total. The number of carboxylic acid groups (broad SMARTS) is 1. The van der Waals surface area contributed by atoms with Gasteiger partial charge in [-0.15, -0.1) is 24.8 Å². The fourth-order valence-electron chi connectivity index (χ4n) is 1.22. The maximum Gasteiger partial charge on any atom is 0.574 e. The van der Waals surface area contributed by atoms with Gasteiger partial charge in [0, 0.05) is 5.88 Å². The standard InChI is InChI=1S/C9H5ClF5NO3/c10-2-3-1-4(8(17)18)16-7(5(3)6(11)12)19-9(13,14)15/h1,6H,2H2,(H,17,18). The highest BCUT2D eigenvalue weighted by Crippen LogP contribution is 2.35. The van der Waals surface area contributed by atoms with Gasteiger partial charge < -0.3 is 9.84 Å². The number of hydrogen-bond donors (Lipinski definition) is 1. The Morgan fingerprint density at radius 2 is 2.05 bits per heavy atom. The van der Waals surface area contributed by atoms with Crippen LogP contribution in [-0.2, 0) is 5.88 Å². The first-order valence-corrected chi connectivity index (χ1v) is 5.06. The lowest BCUT2D eigenvalue weighted by atomic mass is 10.1. The molecule has 0 amide bonds. The molecule has 106 valence electrons. The molecule has 0 fully saturated rings. The van der Waals surface area contributed by atoms with Gasteiger partial charge in [-0.25, -0.2) is 18.6 Å². The van der Waals surface area contributed by atoms with Crippen molar-refractivity contribution in [2.24, 2.45) is 0 Å². The molecule has 0 spiro atoms. The Morgan fingerprint density at radius 1 is 1.47 bits per heavy atom. The van der Waals surface area contributed by atoms with Crippen molar-refractivity contribution in [2.75, 3.05) is 0 Å². The van der Waals surface area contributed by atoms with Gasteiger partial charge in [-0.2, -0.15) is 0 Å². The SMILES string of the molecule is O=C(O)c1cc(CCl)c(C(F)F)c(OC(F)(F)F)n1. The Bertz CT molecular complexity index is 491. The number of nitrogens with zero attached hydrogens (tertiary/aromatic N) is 1. The number of pyridine rings is 1. The van der Waals surface area contributed by atoms with Crippen LogP contribution in [0.25, 0.3) is 0 Å². The van der Waals surface area contributed by atoms with Gasteiger partial charge in [-0.1, -0.05) is 0 Å². The molecular weight excluding hydrogens is 301 g/mol. The van der Waals surface area contributed by atoms with Gasteiger partial charge in [0.2, 0.25) is 5.88 Å². The summed E-state index contributed by atoms with van der Waals surface area (Å²) in [5.74, 6) is -3.83. The van der Waals surface area contributed by atoms with Crippen molar-refractivity contribution >= 4 is 17.6 Å². The largest absolute Gasteiger partial charge is 0.574 e. The van der Waals surface area contributed by atoms with E-state index < -0.39 is 47.3 Å². The van der Waals surface area contributed by atoms with Crippen LogP contribution in [0.1, 0.15) is 28.0 Å². The van der Waals surface area contributed by atoms with Gasteiger partial charge in [-0.3, -0.25) is 0 Å². The van der Waals surface area contributed by atoms with E-state index in [4.69, 9.17) is 16.7 Å². The van der Waals surface area contributed by atoms with Gasteiger partial charge in [0.15, 0.2) is 5.69 Å². The number of rotatable bonds is 4. The van der Waals surface area contributed by atoms with Gasteiger partial charge in [0.1, 0.15) is 0 Å². The summed E-state index contributed by atoms with van der Waals surface area (Å²) in [6.07, 6.45) is -8.63. The molecule has 0 radical (unpaired) electrons. The molecule has 1 N–H and O–H groups in total. The molecule has 0 unspecified atom stereocenters. The van der Waals surface area contributed by atoms with Crippen LogP contribution in [0.4, 0.5) is 22.0 Å². The number of carbonyl (C=O) groups is 1. The van der Waals surface area contributed by atoms with Crippen molar-refractivity contribution in [1.29, 1.82) is 0 Å². The number of halogens is 6. The van der Waals surface area contributed by atoms with Crippen LogP contribution in [0, 0.1) is 0 Å². The Labute approximate surface area is 107 Å².